The molecule has 0 radical (unpaired) electrons. The van der Waals surface area contributed by atoms with Crippen molar-refractivity contribution in [1.29, 1.82) is 0 Å². The van der Waals surface area contributed by atoms with E-state index in [1.54, 1.807) is 0 Å². The summed E-state index contributed by atoms with van der Waals surface area (Å²) in [6.07, 6.45) is 7.44. The van der Waals surface area contributed by atoms with E-state index in [4.69, 9.17) is 4.74 Å². The van der Waals surface area contributed by atoms with E-state index in [9.17, 15) is 23.4 Å². The van der Waals surface area contributed by atoms with Crippen molar-refractivity contribution in [2.24, 2.45) is 46.3 Å². The van der Waals surface area contributed by atoms with Crippen molar-refractivity contribution in [3.63, 3.8) is 0 Å². The number of ether oxygens (including phenoxy) is 1. The molecule has 1 aliphatic heterocycles. The Kier molecular flexibility index (Phi) is 7.10. The first-order chi connectivity index (χ1) is 16.5. The molecule has 0 aromatic carbocycles. The average molecular weight is 501 g/mol. The monoisotopic (exact) mass is 500 g/mol. The maximum Gasteiger partial charge on any atom is 0.417 e. The molecule has 3 nitrogen and oxygen atoms in total. The van der Waals surface area contributed by atoms with Gasteiger partial charge in [0.25, 0.3) is 0 Å². The second-order valence-corrected chi connectivity index (χ2v) is 13.7. The van der Waals surface area contributed by atoms with E-state index < -0.39 is 11.8 Å². The highest BCUT2D eigenvalue weighted by atomic mass is 19.4. The van der Waals surface area contributed by atoms with E-state index in [-0.39, 0.29) is 30.3 Å². The number of aliphatic hydroxyl groups is 2. The number of hydrogen-bond donors (Lipinski definition) is 2. The second kappa shape index (κ2) is 9.45. The van der Waals surface area contributed by atoms with Gasteiger partial charge in [0.2, 0.25) is 0 Å². The quantitative estimate of drug-likeness (QED) is 0.432. The lowest BCUT2D eigenvalue weighted by Crippen LogP contribution is -2.59. The van der Waals surface area contributed by atoms with Crippen molar-refractivity contribution in [2.45, 2.75) is 122 Å². The normalized spacial score (nSPS) is 47.6. The van der Waals surface area contributed by atoms with Crippen LogP contribution in [0, 0.1) is 46.3 Å². The minimum Gasteiger partial charge on any atom is -0.393 e. The van der Waals surface area contributed by atoms with Crippen molar-refractivity contribution in [3.8, 4) is 0 Å². The van der Waals surface area contributed by atoms with Gasteiger partial charge >= 0.3 is 6.18 Å². The van der Waals surface area contributed by atoms with Crippen LogP contribution in [0.25, 0.3) is 0 Å². The fourth-order valence-electron chi connectivity index (χ4n) is 10.00. The van der Waals surface area contributed by atoms with Crippen molar-refractivity contribution in [2.75, 3.05) is 13.2 Å². The van der Waals surface area contributed by atoms with Crippen molar-refractivity contribution < 1.29 is 28.1 Å². The van der Waals surface area contributed by atoms with Crippen molar-refractivity contribution in [1.82, 2.24) is 0 Å². The van der Waals surface area contributed by atoms with Crippen LogP contribution in [0.15, 0.2) is 0 Å². The topological polar surface area (TPSA) is 49.7 Å². The molecule has 5 rings (SSSR count). The molecule has 0 bridgehead atoms. The summed E-state index contributed by atoms with van der Waals surface area (Å²) in [5.41, 5.74) is -2.20. The first-order valence-electron chi connectivity index (χ1n) is 14.5. The molecule has 0 unspecified atom stereocenters. The van der Waals surface area contributed by atoms with Gasteiger partial charge in [-0.15, -0.1) is 0 Å². The number of alkyl halides is 3. The Morgan fingerprint density at radius 1 is 0.886 bits per heavy atom. The third kappa shape index (κ3) is 4.50. The molecule has 202 valence electrons. The molecule has 4 aliphatic carbocycles. The highest BCUT2D eigenvalue weighted by Crippen LogP contribution is 2.69. The van der Waals surface area contributed by atoms with Gasteiger partial charge in [-0.05, 0) is 130 Å². The third-order valence-electron chi connectivity index (χ3n) is 12.3. The summed E-state index contributed by atoms with van der Waals surface area (Å²) < 4.78 is 46.2. The number of hydrogen-bond acceptors (Lipinski definition) is 3. The maximum absolute atomic E-state index is 13.6. The van der Waals surface area contributed by atoms with Crippen LogP contribution in [0.4, 0.5) is 13.2 Å². The van der Waals surface area contributed by atoms with Gasteiger partial charge in [0.05, 0.1) is 6.10 Å². The lowest BCUT2D eigenvalue weighted by Gasteiger charge is -2.62. The molecule has 1 saturated heterocycles. The Morgan fingerprint density at radius 3 is 2.31 bits per heavy atom. The molecule has 1 heterocycles. The van der Waals surface area contributed by atoms with Gasteiger partial charge in [0.1, 0.15) is 0 Å². The molecule has 0 aromatic heterocycles. The van der Waals surface area contributed by atoms with E-state index >= 15 is 0 Å². The van der Waals surface area contributed by atoms with Crippen LogP contribution in [0.3, 0.4) is 0 Å². The molecule has 0 amide bonds. The Hall–Kier alpha value is -0.330. The fourth-order valence-corrected chi connectivity index (χ4v) is 10.00. The van der Waals surface area contributed by atoms with Crippen molar-refractivity contribution >= 4 is 0 Å². The number of aliphatic hydroxyl groups excluding tert-OH is 1. The van der Waals surface area contributed by atoms with Gasteiger partial charge in [-0.3, -0.25) is 0 Å². The molecule has 9 atom stereocenters. The molecule has 2 N–H and O–H groups in total. The van der Waals surface area contributed by atoms with Crippen LogP contribution in [-0.4, -0.2) is 41.3 Å². The summed E-state index contributed by atoms with van der Waals surface area (Å²) in [6.45, 7) is 6.33. The van der Waals surface area contributed by atoms with Crippen LogP contribution in [0.1, 0.15) is 104 Å². The van der Waals surface area contributed by atoms with Gasteiger partial charge in [-0.1, -0.05) is 20.3 Å². The first-order valence-corrected chi connectivity index (χ1v) is 14.5. The van der Waals surface area contributed by atoms with E-state index in [2.05, 4.69) is 13.8 Å². The maximum atomic E-state index is 13.6. The van der Waals surface area contributed by atoms with E-state index in [0.29, 0.717) is 41.4 Å². The van der Waals surface area contributed by atoms with Gasteiger partial charge < -0.3 is 14.9 Å². The highest BCUT2D eigenvalue weighted by Gasteiger charge is 2.64. The predicted octanol–water partition coefficient (Wildman–Crippen LogP) is 6.90. The Balaban J connectivity index is 1.20. The van der Waals surface area contributed by atoms with E-state index in [1.807, 2.05) is 0 Å². The Labute approximate surface area is 209 Å². The number of fused-ring (bicyclic) bond motifs is 5. The summed E-state index contributed by atoms with van der Waals surface area (Å²) >= 11 is 0. The molecule has 5 aliphatic rings. The second-order valence-electron chi connectivity index (χ2n) is 13.7. The minimum absolute atomic E-state index is 0.0163. The van der Waals surface area contributed by atoms with Gasteiger partial charge in [-0.25, -0.2) is 0 Å². The summed E-state index contributed by atoms with van der Waals surface area (Å²) in [4.78, 5) is 0. The molecule has 35 heavy (non-hydrogen) atoms. The molecule has 6 heteroatoms. The Morgan fingerprint density at radius 2 is 1.60 bits per heavy atom. The highest BCUT2D eigenvalue weighted by molar-refractivity contribution is 5.11. The predicted molar refractivity (Wildman–Crippen MR) is 130 cm³/mol. The number of halogens is 3. The molecule has 0 spiro atoms. The van der Waals surface area contributed by atoms with Crippen molar-refractivity contribution in [3.05, 3.63) is 0 Å². The summed E-state index contributed by atoms with van der Waals surface area (Å²) in [5, 5.41) is 21.1. The molecular weight excluding hydrogens is 453 g/mol. The molecule has 5 fully saturated rings. The van der Waals surface area contributed by atoms with Gasteiger partial charge in [0, 0.05) is 13.2 Å². The zero-order valence-corrected chi connectivity index (χ0v) is 21.8. The standard InChI is InChI=1S/C29H47F3O3/c1-26-13-10-24-22(8-6-21-18-28(34,29(30,31)32)15-14-27(21,24)2)23(26)9-7-20(26)4-3-5-25(33)19-11-16-35-17-12-19/h19-25,33-34H,3-18H2,1-2H3/t20-,21+,22+,23+,24+,25+,26-,27+,28+/m1/s1. The van der Waals surface area contributed by atoms with E-state index in [0.717, 1.165) is 58.2 Å². The van der Waals surface area contributed by atoms with Crippen LogP contribution < -0.4 is 0 Å². The van der Waals surface area contributed by atoms with Crippen LogP contribution in [0.5, 0.6) is 0 Å². The Bertz CT molecular complexity index is 752. The number of rotatable bonds is 5. The minimum atomic E-state index is -4.52. The fraction of sp³-hybridized carbons (Fsp3) is 1.00. The lowest BCUT2D eigenvalue weighted by atomic mass is 9.43. The van der Waals surface area contributed by atoms with Crippen LogP contribution >= 0.6 is 0 Å². The van der Waals surface area contributed by atoms with Gasteiger partial charge in [-0.2, -0.15) is 13.2 Å². The SMILES string of the molecule is C[C@]12CC[C@@](O)(C(F)(F)F)C[C@@H]1CC[C@@H]1[C@@H]2CC[C@]2(C)[C@H](CCC[C@H](O)C3CCOCC3)CC[C@@H]12. The summed E-state index contributed by atoms with van der Waals surface area (Å²) in [5.74, 6) is 2.91. The molecule has 4 saturated carbocycles. The third-order valence-corrected chi connectivity index (χ3v) is 12.3. The van der Waals surface area contributed by atoms with Crippen LogP contribution in [0.2, 0.25) is 0 Å². The van der Waals surface area contributed by atoms with Crippen LogP contribution in [-0.2, 0) is 4.74 Å². The average Bonchev–Trinajstić information content (AvgIpc) is 3.16. The smallest absolute Gasteiger partial charge is 0.393 e. The summed E-state index contributed by atoms with van der Waals surface area (Å²) in [7, 11) is 0. The zero-order chi connectivity index (χ0) is 25.1. The lowest BCUT2D eigenvalue weighted by molar-refractivity contribution is -0.290. The molecule has 0 aromatic rings. The zero-order valence-electron chi connectivity index (χ0n) is 21.8. The van der Waals surface area contributed by atoms with Gasteiger partial charge in [0.15, 0.2) is 5.60 Å². The molecular formula is C29H47F3O3. The van der Waals surface area contributed by atoms with E-state index in [1.165, 1.54) is 25.7 Å². The summed E-state index contributed by atoms with van der Waals surface area (Å²) in [6, 6.07) is 0. The first kappa shape index (κ1) is 26.3. The largest absolute Gasteiger partial charge is 0.417 e.